The maximum Gasteiger partial charge on any atom is 0.225 e. The number of nitrogens with one attached hydrogen (secondary N) is 1. The van der Waals surface area contributed by atoms with E-state index in [1.165, 1.54) is 19.3 Å². The quantitative estimate of drug-likeness (QED) is 0.666. The minimum atomic E-state index is 0.203. The van der Waals surface area contributed by atoms with Crippen molar-refractivity contribution in [2.45, 2.75) is 25.7 Å². The monoisotopic (exact) mass is 183 g/mol. The fourth-order valence-electron chi connectivity index (χ4n) is 2.84. The third-order valence-corrected chi connectivity index (χ3v) is 3.47. The van der Waals surface area contributed by atoms with E-state index < -0.39 is 0 Å². The Morgan fingerprint density at radius 1 is 1.46 bits per heavy atom. The first-order valence-corrected chi connectivity index (χ1v) is 5.08. The summed E-state index contributed by atoms with van der Waals surface area (Å²) in [6.07, 6.45) is 5.00. The van der Waals surface area contributed by atoms with Gasteiger partial charge < -0.3 is 10.1 Å². The van der Waals surface area contributed by atoms with Gasteiger partial charge in [-0.2, -0.15) is 0 Å². The van der Waals surface area contributed by atoms with E-state index in [0.29, 0.717) is 12.6 Å². The molecule has 2 saturated carbocycles. The van der Waals surface area contributed by atoms with Gasteiger partial charge >= 0.3 is 0 Å². The summed E-state index contributed by atoms with van der Waals surface area (Å²) < 4.78 is 4.82. The van der Waals surface area contributed by atoms with Crippen molar-refractivity contribution in [1.82, 2.24) is 5.32 Å². The van der Waals surface area contributed by atoms with Crippen molar-refractivity contribution in [3.05, 3.63) is 0 Å². The summed E-state index contributed by atoms with van der Waals surface area (Å²) in [6, 6.07) is 0. The van der Waals surface area contributed by atoms with Crippen molar-refractivity contribution in [2.24, 2.45) is 17.8 Å². The highest BCUT2D eigenvalue weighted by molar-refractivity contribution is 5.79. The lowest BCUT2D eigenvalue weighted by atomic mass is 9.88. The Morgan fingerprint density at radius 3 is 2.85 bits per heavy atom. The topological polar surface area (TPSA) is 38.3 Å². The zero-order chi connectivity index (χ0) is 9.26. The minimum Gasteiger partial charge on any atom is -0.364 e. The first-order valence-electron chi connectivity index (χ1n) is 5.08. The van der Waals surface area contributed by atoms with E-state index in [9.17, 15) is 4.79 Å². The maximum atomic E-state index is 11.6. The second kappa shape index (κ2) is 3.66. The first-order chi connectivity index (χ1) is 6.31. The Kier molecular flexibility index (Phi) is 2.54. The highest BCUT2D eigenvalue weighted by atomic mass is 16.5. The standard InChI is InChI=1S/C10H17NO2/c1-13-6-11-10(12)9-5-7-2-3-8(9)4-7/h7-9H,2-6H2,1H3,(H,11,12). The number of methoxy groups -OCH3 is 1. The van der Waals surface area contributed by atoms with E-state index in [2.05, 4.69) is 5.32 Å². The molecule has 2 fully saturated rings. The zero-order valence-corrected chi connectivity index (χ0v) is 8.08. The smallest absolute Gasteiger partial charge is 0.225 e. The number of carbonyl (C=O) groups is 1. The minimum absolute atomic E-state index is 0.203. The molecule has 0 aromatic rings. The van der Waals surface area contributed by atoms with Crippen molar-refractivity contribution in [1.29, 1.82) is 0 Å². The second-order valence-corrected chi connectivity index (χ2v) is 4.26. The lowest BCUT2D eigenvalue weighted by molar-refractivity contribution is -0.128. The van der Waals surface area contributed by atoms with E-state index in [0.717, 1.165) is 12.3 Å². The fourth-order valence-corrected chi connectivity index (χ4v) is 2.84. The molecule has 0 saturated heterocycles. The van der Waals surface area contributed by atoms with Gasteiger partial charge in [0.1, 0.15) is 6.73 Å². The number of amides is 1. The molecule has 0 aliphatic heterocycles. The zero-order valence-electron chi connectivity index (χ0n) is 8.08. The predicted octanol–water partition coefficient (Wildman–Crippen LogP) is 1.14. The molecule has 1 N–H and O–H groups in total. The lowest BCUT2D eigenvalue weighted by Crippen LogP contribution is -2.34. The summed E-state index contributed by atoms with van der Waals surface area (Å²) >= 11 is 0. The Morgan fingerprint density at radius 2 is 2.31 bits per heavy atom. The van der Waals surface area contributed by atoms with Gasteiger partial charge in [-0.25, -0.2) is 0 Å². The molecular weight excluding hydrogens is 166 g/mol. The van der Waals surface area contributed by atoms with Crippen LogP contribution in [0.2, 0.25) is 0 Å². The number of hydrogen-bond acceptors (Lipinski definition) is 2. The molecule has 0 spiro atoms. The molecule has 2 rings (SSSR count). The fraction of sp³-hybridized carbons (Fsp3) is 0.900. The molecule has 74 valence electrons. The molecule has 1 amide bonds. The molecule has 3 atom stereocenters. The van der Waals surface area contributed by atoms with Crippen LogP contribution >= 0.6 is 0 Å². The van der Waals surface area contributed by atoms with Crippen LogP contribution < -0.4 is 5.32 Å². The average molecular weight is 183 g/mol. The number of ether oxygens (including phenoxy) is 1. The SMILES string of the molecule is COCNC(=O)C1CC2CCC1C2. The summed E-state index contributed by atoms with van der Waals surface area (Å²) in [5, 5.41) is 2.80. The van der Waals surface area contributed by atoms with Gasteiger partial charge in [-0.3, -0.25) is 4.79 Å². The highest BCUT2D eigenvalue weighted by Gasteiger charge is 2.42. The van der Waals surface area contributed by atoms with Crippen molar-refractivity contribution in [3.63, 3.8) is 0 Å². The van der Waals surface area contributed by atoms with E-state index in [4.69, 9.17) is 4.74 Å². The van der Waals surface area contributed by atoms with Gasteiger partial charge in [0, 0.05) is 13.0 Å². The van der Waals surface area contributed by atoms with Gasteiger partial charge in [0.05, 0.1) is 0 Å². The third kappa shape index (κ3) is 1.70. The Balaban J connectivity index is 1.84. The lowest BCUT2D eigenvalue weighted by Gasteiger charge is -2.20. The summed E-state index contributed by atoms with van der Waals surface area (Å²) in [5.74, 6) is 1.99. The summed E-state index contributed by atoms with van der Waals surface area (Å²) in [4.78, 5) is 11.6. The van der Waals surface area contributed by atoms with E-state index in [1.54, 1.807) is 7.11 Å². The van der Waals surface area contributed by atoms with Crippen LogP contribution in [0.25, 0.3) is 0 Å². The summed E-state index contributed by atoms with van der Waals surface area (Å²) in [7, 11) is 1.60. The third-order valence-electron chi connectivity index (χ3n) is 3.47. The summed E-state index contributed by atoms with van der Waals surface area (Å²) in [6.45, 7) is 0.354. The molecule has 3 unspecified atom stereocenters. The van der Waals surface area contributed by atoms with Crippen LogP contribution in [0.15, 0.2) is 0 Å². The predicted molar refractivity (Wildman–Crippen MR) is 49.0 cm³/mol. The van der Waals surface area contributed by atoms with Crippen LogP contribution in [-0.2, 0) is 9.53 Å². The van der Waals surface area contributed by atoms with Gasteiger partial charge in [0.2, 0.25) is 5.91 Å². The molecular formula is C10H17NO2. The van der Waals surface area contributed by atoms with Crippen molar-refractivity contribution in [2.75, 3.05) is 13.8 Å². The molecule has 0 heterocycles. The van der Waals surface area contributed by atoms with Crippen LogP contribution in [0.5, 0.6) is 0 Å². The van der Waals surface area contributed by atoms with E-state index in [1.807, 2.05) is 0 Å². The van der Waals surface area contributed by atoms with Crippen LogP contribution in [0, 0.1) is 17.8 Å². The van der Waals surface area contributed by atoms with Gasteiger partial charge in [-0.05, 0) is 31.1 Å². The van der Waals surface area contributed by atoms with Gasteiger partial charge in [-0.1, -0.05) is 6.42 Å². The normalized spacial score (nSPS) is 36.5. The number of rotatable bonds is 3. The maximum absolute atomic E-state index is 11.6. The largest absolute Gasteiger partial charge is 0.364 e. The molecule has 2 bridgehead atoms. The molecule has 2 aliphatic carbocycles. The summed E-state index contributed by atoms with van der Waals surface area (Å²) in [5.41, 5.74) is 0. The van der Waals surface area contributed by atoms with Crippen LogP contribution in [-0.4, -0.2) is 19.7 Å². The second-order valence-electron chi connectivity index (χ2n) is 4.26. The van der Waals surface area contributed by atoms with Gasteiger partial charge in [-0.15, -0.1) is 0 Å². The highest BCUT2D eigenvalue weighted by Crippen LogP contribution is 2.48. The van der Waals surface area contributed by atoms with Crippen LogP contribution in [0.4, 0.5) is 0 Å². The van der Waals surface area contributed by atoms with Crippen molar-refractivity contribution in [3.8, 4) is 0 Å². The van der Waals surface area contributed by atoms with Crippen LogP contribution in [0.1, 0.15) is 25.7 Å². The molecule has 0 aromatic carbocycles. The molecule has 0 radical (unpaired) electrons. The Hall–Kier alpha value is -0.570. The average Bonchev–Trinajstić information content (AvgIpc) is 2.74. The first kappa shape index (κ1) is 9.00. The Labute approximate surface area is 78.8 Å². The van der Waals surface area contributed by atoms with E-state index in [-0.39, 0.29) is 11.8 Å². The molecule has 3 heteroatoms. The van der Waals surface area contributed by atoms with E-state index >= 15 is 0 Å². The molecule has 0 aromatic heterocycles. The number of hydrogen-bond donors (Lipinski definition) is 1. The molecule has 3 nitrogen and oxygen atoms in total. The number of fused-ring (bicyclic) bond motifs is 2. The molecule has 13 heavy (non-hydrogen) atoms. The molecule has 2 aliphatic rings. The Bertz CT molecular complexity index is 205. The van der Waals surface area contributed by atoms with Gasteiger partial charge in [0.15, 0.2) is 0 Å². The van der Waals surface area contributed by atoms with Crippen molar-refractivity contribution >= 4 is 5.91 Å². The van der Waals surface area contributed by atoms with Crippen molar-refractivity contribution < 1.29 is 9.53 Å². The van der Waals surface area contributed by atoms with Crippen LogP contribution in [0.3, 0.4) is 0 Å². The number of carbonyl (C=O) groups excluding carboxylic acids is 1. The van der Waals surface area contributed by atoms with Gasteiger partial charge in [0.25, 0.3) is 0 Å².